The maximum absolute atomic E-state index is 12.4. The van der Waals surface area contributed by atoms with E-state index in [4.69, 9.17) is 4.74 Å². The molecule has 1 amide bonds. The molecule has 28 heavy (non-hydrogen) atoms. The van der Waals surface area contributed by atoms with Crippen LogP contribution in [0.4, 0.5) is 5.69 Å². The molecule has 0 spiro atoms. The second kappa shape index (κ2) is 7.31. The molecule has 0 fully saturated rings. The van der Waals surface area contributed by atoms with E-state index in [0.717, 1.165) is 19.3 Å². The van der Waals surface area contributed by atoms with Crippen molar-refractivity contribution < 1.29 is 14.3 Å². The molecule has 6 heteroatoms. The number of rotatable bonds is 4. The van der Waals surface area contributed by atoms with Gasteiger partial charge in [-0.2, -0.15) is 0 Å². The van der Waals surface area contributed by atoms with E-state index in [1.54, 1.807) is 30.3 Å². The third-order valence-electron chi connectivity index (χ3n) is 4.99. The van der Waals surface area contributed by atoms with Gasteiger partial charge in [-0.05, 0) is 67.0 Å². The highest BCUT2D eigenvalue weighted by Gasteiger charge is 2.21. The number of aromatic nitrogens is 1. The van der Waals surface area contributed by atoms with Gasteiger partial charge in [0.1, 0.15) is 5.69 Å². The van der Waals surface area contributed by atoms with Crippen molar-refractivity contribution in [1.29, 1.82) is 0 Å². The Morgan fingerprint density at radius 1 is 1.07 bits per heavy atom. The number of esters is 1. The molecule has 142 valence electrons. The Hall–Kier alpha value is -3.41. The number of ether oxygens (including phenoxy) is 1. The molecule has 0 aliphatic heterocycles. The van der Waals surface area contributed by atoms with Gasteiger partial charge in [0.2, 0.25) is 0 Å². The van der Waals surface area contributed by atoms with E-state index in [1.165, 1.54) is 18.1 Å². The summed E-state index contributed by atoms with van der Waals surface area (Å²) >= 11 is 0. The summed E-state index contributed by atoms with van der Waals surface area (Å²) in [5.74, 6) is -1.17. The minimum Gasteiger partial charge on any atom is -0.448 e. The van der Waals surface area contributed by atoms with Crippen LogP contribution in [0.3, 0.4) is 0 Å². The molecule has 0 unspecified atom stereocenters. The molecule has 1 atom stereocenters. The van der Waals surface area contributed by atoms with E-state index >= 15 is 0 Å². The van der Waals surface area contributed by atoms with E-state index in [1.807, 2.05) is 18.2 Å². The average molecular weight is 376 g/mol. The predicted octanol–water partition coefficient (Wildman–Crippen LogP) is 3.20. The lowest BCUT2D eigenvalue weighted by molar-refractivity contribution is -0.123. The highest BCUT2D eigenvalue weighted by atomic mass is 16.5. The fourth-order valence-electron chi connectivity index (χ4n) is 3.49. The Bertz CT molecular complexity index is 1130. The van der Waals surface area contributed by atoms with Gasteiger partial charge >= 0.3 is 5.97 Å². The van der Waals surface area contributed by atoms with Crippen molar-refractivity contribution in [2.75, 3.05) is 5.32 Å². The Morgan fingerprint density at radius 3 is 2.71 bits per heavy atom. The quantitative estimate of drug-likeness (QED) is 0.685. The summed E-state index contributed by atoms with van der Waals surface area (Å²) < 4.78 is 5.25. The second-order valence-electron chi connectivity index (χ2n) is 6.97. The number of hydrogen-bond acceptors (Lipinski definition) is 4. The number of hydrogen-bond donors (Lipinski definition) is 2. The third kappa shape index (κ3) is 3.53. The van der Waals surface area contributed by atoms with Crippen molar-refractivity contribution in [2.45, 2.75) is 32.3 Å². The first kappa shape index (κ1) is 18.0. The largest absolute Gasteiger partial charge is 0.448 e. The highest BCUT2D eigenvalue weighted by Crippen LogP contribution is 2.25. The van der Waals surface area contributed by atoms with Crippen LogP contribution in [-0.2, 0) is 22.4 Å². The molecule has 0 saturated heterocycles. The summed E-state index contributed by atoms with van der Waals surface area (Å²) in [6.45, 7) is 1.50. The smallest absolute Gasteiger partial charge is 0.355 e. The number of pyridine rings is 1. The number of aromatic amines is 1. The summed E-state index contributed by atoms with van der Waals surface area (Å²) in [5, 5.41) is 3.90. The summed E-state index contributed by atoms with van der Waals surface area (Å²) in [5.41, 5.74) is 2.89. The van der Waals surface area contributed by atoms with Gasteiger partial charge in [0.15, 0.2) is 6.10 Å². The van der Waals surface area contributed by atoms with E-state index in [-0.39, 0.29) is 11.3 Å². The van der Waals surface area contributed by atoms with Crippen LogP contribution in [0.1, 0.15) is 35.0 Å². The lowest BCUT2D eigenvalue weighted by Crippen LogP contribution is -2.30. The number of anilines is 1. The van der Waals surface area contributed by atoms with E-state index in [9.17, 15) is 14.4 Å². The molecule has 3 aromatic rings. The molecular formula is C22H20N2O4. The third-order valence-corrected chi connectivity index (χ3v) is 4.99. The molecule has 1 aromatic heterocycles. The van der Waals surface area contributed by atoms with Crippen LogP contribution >= 0.6 is 0 Å². The Balaban J connectivity index is 1.45. The number of carbonyl (C=O) groups is 2. The van der Waals surface area contributed by atoms with Gasteiger partial charge < -0.3 is 15.0 Å². The van der Waals surface area contributed by atoms with E-state index in [0.29, 0.717) is 16.5 Å². The van der Waals surface area contributed by atoms with Gasteiger partial charge in [0.25, 0.3) is 11.5 Å². The molecule has 1 heterocycles. The monoisotopic (exact) mass is 376 g/mol. The molecule has 4 rings (SSSR count). The zero-order valence-electron chi connectivity index (χ0n) is 15.5. The zero-order valence-corrected chi connectivity index (χ0v) is 15.5. The first-order valence-electron chi connectivity index (χ1n) is 9.27. The molecule has 0 saturated carbocycles. The number of aryl methyl sites for hydroxylation is 2. The predicted molar refractivity (Wildman–Crippen MR) is 107 cm³/mol. The van der Waals surface area contributed by atoms with Crippen molar-refractivity contribution in [3.63, 3.8) is 0 Å². The number of benzene rings is 2. The van der Waals surface area contributed by atoms with Crippen LogP contribution < -0.4 is 10.9 Å². The summed E-state index contributed by atoms with van der Waals surface area (Å²) in [6, 6.07) is 14.3. The lowest BCUT2D eigenvalue weighted by atomic mass is 10.1. The highest BCUT2D eigenvalue weighted by molar-refractivity contribution is 5.98. The number of fused-ring (bicyclic) bond motifs is 2. The molecule has 0 radical (unpaired) electrons. The first-order chi connectivity index (χ1) is 13.5. The molecular weight excluding hydrogens is 356 g/mol. The number of amides is 1. The van der Waals surface area contributed by atoms with E-state index in [2.05, 4.69) is 10.3 Å². The average Bonchev–Trinajstić information content (AvgIpc) is 3.15. The molecule has 2 N–H and O–H groups in total. The normalized spacial score (nSPS) is 13.8. The van der Waals surface area contributed by atoms with Crippen molar-refractivity contribution in [2.24, 2.45) is 0 Å². The van der Waals surface area contributed by atoms with Gasteiger partial charge in [-0.3, -0.25) is 9.59 Å². The van der Waals surface area contributed by atoms with Crippen molar-refractivity contribution in [3.8, 4) is 0 Å². The van der Waals surface area contributed by atoms with Crippen LogP contribution in [0.5, 0.6) is 0 Å². The first-order valence-corrected chi connectivity index (χ1v) is 9.27. The SMILES string of the molecule is C[C@@H](OC(=O)c1cc2ccccc2c(=O)[nH]1)C(=O)Nc1ccc2c(c1)CCC2. The molecule has 1 aliphatic carbocycles. The Kier molecular flexibility index (Phi) is 4.69. The zero-order chi connectivity index (χ0) is 19.7. The summed E-state index contributed by atoms with van der Waals surface area (Å²) in [4.78, 5) is 39.4. The molecule has 0 bridgehead atoms. The lowest BCUT2D eigenvalue weighted by Gasteiger charge is -2.14. The number of H-pyrrole nitrogens is 1. The van der Waals surface area contributed by atoms with Crippen molar-refractivity contribution >= 4 is 28.3 Å². The standard InChI is InChI=1S/C22H20N2O4/c1-13(20(25)23-17-10-9-14-6-4-7-15(14)11-17)28-22(27)19-12-16-5-2-3-8-18(16)21(26)24-19/h2-3,5,8-13H,4,6-7H2,1H3,(H,23,25)(H,24,26)/t13-/m1/s1. The summed E-state index contributed by atoms with van der Waals surface area (Å²) in [7, 11) is 0. The minimum absolute atomic E-state index is 0.0147. The fourth-order valence-corrected chi connectivity index (χ4v) is 3.49. The van der Waals surface area contributed by atoms with Gasteiger partial charge in [0, 0.05) is 11.1 Å². The maximum atomic E-state index is 12.4. The fraction of sp³-hybridized carbons (Fsp3) is 0.227. The van der Waals surface area contributed by atoms with Gasteiger partial charge in [-0.15, -0.1) is 0 Å². The van der Waals surface area contributed by atoms with Gasteiger partial charge in [0.05, 0.1) is 0 Å². The van der Waals surface area contributed by atoms with Crippen molar-refractivity contribution in [1.82, 2.24) is 4.98 Å². The van der Waals surface area contributed by atoms with Crippen LogP contribution in [0.15, 0.2) is 53.3 Å². The second-order valence-corrected chi connectivity index (χ2v) is 6.97. The van der Waals surface area contributed by atoms with Gasteiger partial charge in [-0.25, -0.2) is 4.79 Å². The Labute approximate surface area is 161 Å². The molecule has 2 aromatic carbocycles. The summed E-state index contributed by atoms with van der Waals surface area (Å²) in [6.07, 6.45) is 2.21. The molecule has 6 nitrogen and oxygen atoms in total. The van der Waals surface area contributed by atoms with Crippen LogP contribution in [-0.4, -0.2) is 23.0 Å². The maximum Gasteiger partial charge on any atom is 0.355 e. The minimum atomic E-state index is -1.00. The number of nitrogens with one attached hydrogen (secondary N) is 2. The Morgan fingerprint density at radius 2 is 1.86 bits per heavy atom. The van der Waals surface area contributed by atoms with Crippen LogP contribution in [0.2, 0.25) is 0 Å². The van der Waals surface area contributed by atoms with Gasteiger partial charge in [-0.1, -0.05) is 24.3 Å². The topological polar surface area (TPSA) is 88.3 Å². The van der Waals surface area contributed by atoms with Crippen LogP contribution in [0.25, 0.3) is 10.8 Å². The molecule has 1 aliphatic rings. The van der Waals surface area contributed by atoms with E-state index < -0.39 is 18.0 Å². The van der Waals surface area contributed by atoms with Crippen LogP contribution in [0, 0.1) is 0 Å². The van der Waals surface area contributed by atoms with Crippen molar-refractivity contribution in [3.05, 3.63) is 75.7 Å². The number of carbonyl (C=O) groups excluding carboxylic acids is 2.